The Morgan fingerprint density at radius 1 is 0.634 bits per heavy atom. The van der Waals surface area contributed by atoms with Crippen molar-refractivity contribution >= 4 is 29.3 Å². The second kappa shape index (κ2) is 25.6. The van der Waals surface area contributed by atoms with Crippen LogP contribution in [-0.2, 0) is 38.8 Å². The number of hydrogen-bond acceptors (Lipinski definition) is 13. The Hall–Kier alpha value is -9.71. The van der Waals surface area contributed by atoms with Crippen LogP contribution in [0.15, 0.2) is 126 Å². The number of nitrogens with two attached hydrogens (primary N) is 1. The molecular weight excluding hydrogens is 1030 g/mol. The topological polar surface area (TPSA) is 233 Å². The minimum Gasteiger partial charge on any atom is -0.467 e. The third kappa shape index (κ3) is 12.7. The quantitative estimate of drug-likeness (QED) is 0.109. The summed E-state index contributed by atoms with van der Waals surface area (Å²) in [6.07, 6.45) is 9.70. The van der Waals surface area contributed by atoms with Gasteiger partial charge in [-0.2, -0.15) is 0 Å². The van der Waals surface area contributed by atoms with E-state index in [1.54, 1.807) is 41.8 Å². The predicted octanol–water partition coefficient (Wildman–Crippen LogP) is 12.1. The van der Waals surface area contributed by atoms with Gasteiger partial charge in [0.1, 0.15) is 5.76 Å². The van der Waals surface area contributed by atoms with Gasteiger partial charge >= 0.3 is 18.1 Å². The molecule has 0 aliphatic carbocycles. The van der Waals surface area contributed by atoms with E-state index in [-0.39, 0.29) is 12.1 Å². The smallest absolute Gasteiger partial charge is 0.322 e. The molecule has 2 aliphatic heterocycles. The zero-order chi connectivity index (χ0) is 58.0. The fourth-order valence-electron chi connectivity index (χ4n) is 10.1. The number of carbonyl (C=O) groups excluding carboxylic acids is 3. The summed E-state index contributed by atoms with van der Waals surface area (Å²) in [5.41, 5.74) is 22.9. The second-order valence-corrected chi connectivity index (χ2v) is 19.8. The molecule has 2 aliphatic rings. The molecule has 18 nitrogen and oxygen atoms in total. The molecule has 418 valence electrons. The summed E-state index contributed by atoms with van der Waals surface area (Å²) in [5, 5.41) is 10.2. The standard InChI is InChI=1S/C33H31N7O2.C29H30N6O3.C2H6/c1-4-22-14-24(25-18-35-32(42-3)36-19-25)16-26(15-22)37-33(41)40-13-11-29-28(20-40)30(27-10-6-5-8-21(27)2)39-31(38-29)23-9-7-12-34-17-23;1-5-19-12-20(27(30)36)14-21(13-19)31-29(37)35-11-10-24-23(15-35)26(22-9-7-6-8-16(22)2)33-28(32-24)25-17(3)34-38-18(25)4;1-2/h5-10,12,14-19H,4,11,13,20H2,1-3H3,(H,37,41);6-9,12-14H,5,10-11,15H2,1-4H3,(H2,30,36)(H,31,37);1-2H3. The highest BCUT2D eigenvalue weighted by molar-refractivity contribution is 5.96. The lowest BCUT2D eigenvalue weighted by molar-refractivity contribution is 0.1000. The summed E-state index contributed by atoms with van der Waals surface area (Å²) < 4.78 is 10.5. The molecule has 0 radical (unpaired) electrons. The first kappa shape index (κ1) is 57.0. The van der Waals surface area contributed by atoms with Crippen molar-refractivity contribution in [3.8, 4) is 62.4 Å². The van der Waals surface area contributed by atoms with Crippen molar-refractivity contribution in [2.45, 2.75) is 94.2 Å². The molecule has 0 unspecified atom stereocenters. The van der Waals surface area contributed by atoms with Crippen molar-refractivity contribution in [1.29, 1.82) is 0 Å². The summed E-state index contributed by atoms with van der Waals surface area (Å²) in [7, 11) is 1.54. The summed E-state index contributed by atoms with van der Waals surface area (Å²) in [6, 6.07) is 31.2. The summed E-state index contributed by atoms with van der Waals surface area (Å²) in [5.74, 6) is 1.35. The monoisotopic (exact) mass is 1100 g/mol. The number of benzene rings is 4. The van der Waals surface area contributed by atoms with Gasteiger partial charge in [-0.05, 0) is 111 Å². The predicted molar refractivity (Wildman–Crippen MR) is 318 cm³/mol. The first-order valence-electron chi connectivity index (χ1n) is 27.6. The van der Waals surface area contributed by atoms with Crippen molar-refractivity contribution in [2.75, 3.05) is 30.8 Å². The highest BCUT2D eigenvalue weighted by atomic mass is 16.5. The maximum atomic E-state index is 13.6. The number of fused-ring (bicyclic) bond motifs is 2. The van der Waals surface area contributed by atoms with E-state index in [2.05, 4.69) is 62.8 Å². The average Bonchev–Trinajstić information content (AvgIpc) is 3.89. The Bertz CT molecular complexity index is 3770. The van der Waals surface area contributed by atoms with Gasteiger partial charge in [0.2, 0.25) is 5.91 Å². The fraction of sp³-hybridized carbons (Fsp3) is 0.266. The number of nitrogens with one attached hydrogen (secondary N) is 2. The molecule has 5 amide bonds. The zero-order valence-electron chi connectivity index (χ0n) is 47.8. The average molecular weight is 1100 g/mol. The number of ether oxygens (including phenoxy) is 1. The van der Waals surface area contributed by atoms with Crippen LogP contribution >= 0.6 is 0 Å². The molecule has 0 saturated carbocycles. The number of rotatable bonds is 11. The largest absolute Gasteiger partial charge is 0.467 e. The van der Waals surface area contributed by atoms with Crippen LogP contribution in [0.1, 0.15) is 94.3 Å². The Labute approximate surface area is 477 Å². The molecule has 18 heteroatoms. The van der Waals surface area contributed by atoms with E-state index in [1.807, 2.05) is 113 Å². The molecule has 0 fully saturated rings. The van der Waals surface area contributed by atoms with Gasteiger partial charge < -0.3 is 35.4 Å². The number of aromatic nitrogens is 8. The summed E-state index contributed by atoms with van der Waals surface area (Å²) in [4.78, 5) is 74.9. The van der Waals surface area contributed by atoms with Crippen LogP contribution in [0.3, 0.4) is 0 Å². The van der Waals surface area contributed by atoms with Crippen LogP contribution in [-0.4, -0.2) is 88.0 Å². The van der Waals surface area contributed by atoms with Gasteiger partial charge in [0.15, 0.2) is 11.6 Å². The number of amides is 5. The Morgan fingerprint density at radius 2 is 1.18 bits per heavy atom. The first-order valence-corrected chi connectivity index (χ1v) is 27.6. The lowest BCUT2D eigenvalue weighted by Crippen LogP contribution is -2.39. The maximum absolute atomic E-state index is 13.6. The third-order valence-corrected chi connectivity index (χ3v) is 14.4. The molecule has 0 saturated heterocycles. The minimum atomic E-state index is -0.531. The molecule has 9 aromatic rings. The number of pyridine rings is 1. The number of methoxy groups -OCH3 is 1. The van der Waals surface area contributed by atoms with Crippen LogP contribution in [0.5, 0.6) is 6.01 Å². The van der Waals surface area contributed by atoms with Crippen LogP contribution in [0.4, 0.5) is 21.0 Å². The summed E-state index contributed by atoms with van der Waals surface area (Å²) >= 11 is 0. The molecule has 0 bridgehead atoms. The molecule has 4 aromatic carbocycles. The van der Waals surface area contributed by atoms with Gasteiger partial charge in [-0.15, -0.1) is 0 Å². The van der Waals surface area contributed by atoms with E-state index in [4.69, 9.17) is 34.9 Å². The molecule has 7 heterocycles. The molecular formula is C64H67N13O5. The van der Waals surface area contributed by atoms with Gasteiger partial charge in [0, 0.05) is 101 Å². The van der Waals surface area contributed by atoms with E-state index in [9.17, 15) is 14.4 Å². The number of primary amides is 1. The molecule has 82 heavy (non-hydrogen) atoms. The number of anilines is 2. The molecule has 5 aromatic heterocycles. The highest BCUT2D eigenvalue weighted by Gasteiger charge is 2.30. The molecule has 4 N–H and O–H groups in total. The maximum Gasteiger partial charge on any atom is 0.322 e. The van der Waals surface area contributed by atoms with E-state index in [1.165, 1.54) is 7.11 Å². The van der Waals surface area contributed by atoms with Crippen molar-refractivity contribution in [3.05, 3.63) is 184 Å². The highest BCUT2D eigenvalue weighted by Crippen LogP contribution is 2.36. The number of nitrogens with zero attached hydrogens (tertiary/aromatic N) is 10. The lowest BCUT2D eigenvalue weighted by atomic mass is 9.96. The van der Waals surface area contributed by atoms with Crippen molar-refractivity contribution in [1.82, 2.24) is 49.8 Å². The van der Waals surface area contributed by atoms with Gasteiger partial charge in [-0.1, -0.05) is 87.4 Å². The van der Waals surface area contributed by atoms with Crippen LogP contribution < -0.4 is 21.1 Å². The molecule has 0 spiro atoms. The number of carbonyl (C=O) groups is 3. The zero-order valence-corrected chi connectivity index (χ0v) is 47.8. The lowest BCUT2D eigenvalue weighted by Gasteiger charge is -2.30. The van der Waals surface area contributed by atoms with E-state index in [0.717, 1.165) is 107 Å². The molecule has 11 rings (SSSR count). The SMILES string of the molecule is CC.CCc1cc(NC(=O)N2CCc3nc(-c4c(C)noc4C)nc(-c4ccccc4C)c3C2)cc(C(N)=O)c1.CCc1cc(NC(=O)N2CCc3nc(-c4cccnc4)nc(-c4ccccc4C)c3C2)cc(-c2cnc(OC)nc2)c1. The normalized spacial score (nSPS) is 12.4. The Morgan fingerprint density at radius 3 is 1.70 bits per heavy atom. The van der Waals surface area contributed by atoms with Crippen LogP contribution in [0.25, 0.3) is 56.4 Å². The fourth-order valence-corrected chi connectivity index (χ4v) is 10.1. The van der Waals surface area contributed by atoms with Crippen LogP contribution in [0.2, 0.25) is 0 Å². The van der Waals surface area contributed by atoms with E-state index in [0.29, 0.717) is 80.1 Å². The van der Waals surface area contributed by atoms with Crippen molar-refractivity contribution in [3.63, 3.8) is 0 Å². The summed E-state index contributed by atoms with van der Waals surface area (Å²) in [6.45, 7) is 17.7. The Balaban J connectivity index is 0.000000193. The van der Waals surface area contributed by atoms with Gasteiger partial charge in [0.05, 0.1) is 54.2 Å². The van der Waals surface area contributed by atoms with Gasteiger partial charge in [0.25, 0.3) is 0 Å². The van der Waals surface area contributed by atoms with Crippen molar-refractivity contribution in [2.24, 2.45) is 5.73 Å². The number of hydrogen-bond donors (Lipinski definition) is 3. The number of urea groups is 2. The van der Waals surface area contributed by atoms with Crippen molar-refractivity contribution < 1.29 is 23.6 Å². The van der Waals surface area contributed by atoms with Gasteiger partial charge in [-0.25, -0.2) is 39.5 Å². The van der Waals surface area contributed by atoms with Crippen LogP contribution in [0, 0.1) is 27.7 Å². The van der Waals surface area contributed by atoms with E-state index < -0.39 is 5.91 Å². The second-order valence-electron chi connectivity index (χ2n) is 19.8. The Kier molecular flexibility index (Phi) is 17.8. The number of aryl methyl sites for hydroxylation is 6. The minimum absolute atomic E-state index is 0.169. The van der Waals surface area contributed by atoms with E-state index >= 15 is 0 Å². The molecule has 0 atom stereocenters. The third-order valence-electron chi connectivity index (χ3n) is 14.4. The first-order chi connectivity index (χ1) is 39.8. The van der Waals surface area contributed by atoms with Gasteiger partial charge in [-0.3, -0.25) is 9.78 Å².